The number of ether oxygens (including phenoxy) is 1. The highest BCUT2D eigenvalue weighted by Crippen LogP contribution is 2.27. The molecule has 112 valence electrons. The van der Waals surface area contributed by atoms with E-state index in [0.717, 1.165) is 5.56 Å². The second kappa shape index (κ2) is 8.01. The summed E-state index contributed by atoms with van der Waals surface area (Å²) in [6.07, 6.45) is 2.82. The van der Waals surface area contributed by atoms with Crippen molar-refractivity contribution < 1.29 is 9.53 Å². The molecule has 0 fully saturated rings. The molecule has 1 aromatic carbocycles. The summed E-state index contributed by atoms with van der Waals surface area (Å²) in [4.78, 5) is 16.0. The molecule has 0 aliphatic carbocycles. The molecule has 21 heavy (non-hydrogen) atoms. The zero-order chi connectivity index (χ0) is 14.5. The number of nitrogens with zero attached hydrogens (tertiary/aromatic N) is 1. The highest BCUT2D eigenvalue weighted by atomic mass is 35.5. The highest BCUT2D eigenvalue weighted by molar-refractivity contribution is 6.30. The molecule has 5 heteroatoms. The predicted molar refractivity (Wildman–Crippen MR) is 85.9 cm³/mol. The van der Waals surface area contributed by atoms with Crippen LogP contribution in [0.4, 0.5) is 0 Å². The van der Waals surface area contributed by atoms with Crippen LogP contribution in [0.5, 0.6) is 0 Å². The van der Waals surface area contributed by atoms with Crippen LogP contribution < -0.4 is 0 Å². The van der Waals surface area contributed by atoms with E-state index in [0.29, 0.717) is 10.6 Å². The van der Waals surface area contributed by atoms with Crippen LogP contribution in [-0.2, 0) is 4.74 Å². The van der Waals surface area contributed by atoms with Gasteiger partial charge in [0.25, 0.3) is 0 Å². The van der Waals surface area contributed by atoms with Gasteiger partial charge in [0.15, 0.2) is 0 Å². The lowest BCUT2D eigenvalue weighted by Crippen LogP contribution is -2.16. The minimum absolute atomic E-state index is 0. The van der Waals surface area contributed by atoms with Gasteiger partial charge in [-0.05, 0) is 35.7 Å². The summed E-state index contributed by atoms with van der Waals surface area (Å²) in [6.45, 7) is 4.02. The fourth-order valence-corrected chi connectivity index (χ4v) is 2.03. The maximum Gasteiger partial charge on any atom is 0.340 e. The molecule has 2 rings (SSSR count). The number of carbonyl (C=O) groups excluding carboxylic acids is 1. The van der Waals surface area contributed by atoms with Crippen molar-refractivity contribution in [1.82, 2.24) is 4.98 Å². The van der Waals surface area contributed by atoms with E-state index in [9.17, 15) is 4.79 Å². The van der Waals surface area contributed by atoms with E-state index in [1.165, 1.54) is 6.20 Å². The molecule has 0 aliphatic heterocycles. The Morgan fingerprint density at radius 2 is 1.86 bits per heavy atom. The Morgan fingerprint density at radius 3 is 2.38 bits per heavy atom. The van der Waals surface area contributed by atoms with E-state index >= 15 is 0 Å². The molecule has 0 saturated carbocycles. The number of hydrogen-bond acceptors (Lipinski definition) is 3. The van der Waals surface area contributed by atoms with Gasteiger partial charge in [-0.25, -0.2) is 4.79 Å². The Morgan fingerprint density at radius 1 is 1.19 bits per heavy atom. The van der Waals surface area contributed by atoms with Crippen LogP contribution in [0.15, 0.2) is 48.8 Å². The minimum atomic E-state index is -0.369. The molecular weight excluding hydrogens is 309 g/mol. The quantitative estimate of drug-likeness (QED) is 0.764. The first-order valence-corrected chi connectivity index (χ1v) is 6.82. The summed E-state index contributed by atoms with van der Waals surface area (Å²) in [5, 5.41) is 0.662. The van der Waals surface area contributed by atoms with Gasteiger partial charge in [-0.15, -0.1) is 12.4 Å². The zero-order valence-corrected chi connectivity index (χ0v) is 13.4. The first-order chi connectivity index (χ1) is 9.58. The van der Waals surface area contributed by atoms with Crippen LogP contribution in [0.25, 0.3) is 0 Å². The lowest BCUT2D eigenvalue weighted by atomic mass is 9.99. The van der Waals surface area contributed by atoms with Gasteiger partial charge >= 0.3 is 5.97 Å². The lowest BCUT2D eigenvalue weighted by Gasteiger charge is -2.22. The van der Waals surface area contributed by atoms with Gasteiger partial charge < -0.3 is 4.74 Å². The molecule has 0 bridgehead atoms. The smallest absolute Gasteiger partial charge is 0.340 e. The predicted octanol–water partition coefficient (Wildman–Crippen LogP) is 4.71. The normalized spacial score (nSPS) is 11.6. The van der Waals surface area contributed by atoms with Crippen molar-refractivity contribution in [2.24, 2.45) is 5.92 Å². The number of hydrogen-bond donors (Lipinski definition) is 0. The average molecular weight is 326 g/mol. The largest absolute Gasteiger partial charge is 0.454 e. The summed E-state index contributed by atoms with van der Waals surface area (Å²) < 4.78 is 5.60. The average Bonchev–Trinajstić information content (AvgIpc) is 2.46. The van der Waals surface area contributed by atoms with Gasteiger partial charge in [0, 0.05) is 17.4 Å². The highest BCUT2D eigenvalue weighted by Gasteiger charge is 2.21. The van der Waals surface area contributed by atoms with Crippen molar-refractivity contribution in [3.63, 3.8) is 0 Å². The summed E-state index contributed by atoms with van der Waals surface area (Å²) in [6, 6.07) is 10.7. The molecule has 1 aromatic heterocycles. The molecule has 0 radical (unpaired) electrons. The van der Waals surface area contributed by atoms with Crippen molar-refractivity contribution in [3.05, 3.63) is 64.9 Å². The molecular formula is C16H17Cl2NO2. The third-order valence-electron chi connectivity index (χ3n) is 2.94. The SMILES string of the molecule is CC(C)[C@H](OC(=O)c1cccnc1)c1ccc(Cl)cc1.Cl. The molecule has 0 aliphatic rings. The number of benzene rings is 1. The fraction of sp³-hybridized carbons (Fsp3) is 0.250. The Labute approximate surface area is 135 Å². The third-order valence-corrected chi connectivity index (χ3v) is 3.19. The van der Waals surface area contributed by atoms with Crippen LogP contribution in [0.1, 0.15) is 35.9 Å². The van der Waals surface area contributed by atoms with Crippen molar-refractivity contribution in [3.8, 4) is 0 Å². The van der Waals surface area contributed by atoms with Crippen molar-refractivity contribution in [2.45, 2.75) is 20.0 Å². The van der Waals surface area contributed by atoms with Gasteiger partial charge in [-0.2, -0.15) is 0 Å². The second-order valence-corrected chi connectivity index (χ2v) is 5.30. The van der Waals surface area contributed by atoms with Crippen molar-refractivity contribution in [1.29, 1.82) is 0 Å². The Balaban J connectivity index is 0.00000220. The molecule has 0 saturated heterocycles. The number of carbonyl (C=O) groups is 1. The summed E-state index contributed by atoms with van der Waals surface area (Å²) in [7, 11) is 0. The zero-order valence-electron chi connectivity index (χ0n) is 11.8. The topological polar surface area (TPSA) is 39.2 Å². The van der Waals surface area contributed by atoms with Crippen LogP contribution in [0.3, 0.4) is 0 Å². The van der Waals surface area contributed by atoms with E-state index < -0.39 is 0 Å². The summed E-state index contributed by atoms with van der Waals surface area (Å²) in [5.74, 6) is -0.205. The van der Waals surface area contributed by atoms with E-state index in [1.54, 1.807) is 30.5 Å². The molecule has 0 unspecified atom stereocenters. The van der Waals surface area contributed by atoms with Crippen LogP contribution in [0.2, 0.25) is 5.02 Å². The first-order valence-electron chi connectivity index (χ1n) is 6.44. The molecule has 0 spiro atoms. The number of pyridine rings is 1. The summed E-state index contributed by atoms with van der Waals surface area (Å²) >= 11 is 5.88. The van der Waals surface area contributed by atoms with Gasteiger partial charge in [-0.1, -0.05) is 37.6 Å². The monoisotopic (exact) mass is 325 g/mol. The van der Waals surface area contributed by atoms with E-state index in [-0.39, 0.29) is 30.4 Å². The molecule has 1 atom stereocenters. The Hall–Kier alpha value is -1.58. The van der Waals surface area contributed by atoms with E-state index in [2.05, 4.69) is 4.98 Å². The third kappa shape index (κ3) is 4.73. The van der Waals surface area contributed by atoms with Crippen molar-refractivity contribution in [2.75, 3.05) is 0 Å². The molecule has 2 aromatic rings. The van der Waals surface area contributed by atoms with Crippen LogP contribution >= 0.6 is 24.0 Å². The van der Waals surface area contributed by atoms with Gasteiger partial charge in [0.1, 0.15) is 6.10 Å². The lowest BCUT2D eigenvalue weighted by molar-refractivity contribution is 0.0176. The Kier molecular flexibility index (Phi) is 6.66. The van der Waals surface area contributed by atoms with Gasteiger partial charge in [0.2, 0.25) is 0 Å². The van der Waals surface area contributed by atoms with Gasteiger partial charge in [-0.3, -0.25) is 4.98 Å². The second-order valence-electron chi connectivity index (χ2n) is 4.86. The van der Waals surface area contributed by atoms with Crippen LogP contribution in [0, 0.1) is 5.92 Å². The van der Waals surface area contributed by atoms with Crippen molar-refractivity contribution >= 4 is 30.0 Å². The number of halogens is 2. The number of esters is 1. The first kappa shape index (κ1) is 17.5. The van der Waals surface area contributed by atoms with Crippen LogP contribution in [-0.4, -0.2) is 11.0 Å². The standard InChI is InChI=1S/C16H16ClNO2.ClH/c1-11(2)15(12-5-7-14(17)8-6-12)20-16(19)13-4-3-9-18-10-13;/h3-11,15H,1-2H3;1H/t15-;/m0./s1. The fourth-order valence-electron chi connectivity index (χ4n) is 1.91. The maximum absolute atomic E-state index is 12.1. The molecule has 3 nitrogen and oxygen atoms in total. The van der Waals surface area contributed by atoms with E-state index in [1.807, 2.05) is 26.0 Å². The molecule has 1 heterocycles. The van der Waals surface area contributed by atoms with E-state index in [4.69, 9.17) is 16.3 Å². The number of aromatic nitrogens is 1. The Bertz CT molecular complexity index is 571. The minimum Gasteiger partial charge on any atom is -0.454 e. The summed E-state index contributed by atoms with van der Waals surface area (Å²) in [5.41, 5.74) is 1.38. The molecule has 0 N–H and O–H groups in total. The van der Waals surface area contributed by atoms with Gasteiger partial charge in [0.05, 0.1) is 5.56 Å². The number of rotatable bonds is 4. The maximum atomic E-state index is 12.1. The molecule has 0 amide bonds.